The molecule has 0 heterocycles. The summed E-state index contributed by atoms with van der Waals surface area (Å²) in [6, 6.07) is -0.0256. The molecule has 8 heteroatoms. The van der Waals surface area contributed by atoms with Crippen LogP contribution in [-0.2, 0) is 11.0 Å². The fourth-order valence-corrected chi connectivity index (χ4v) is 0.979. The highest BCUT2D eigenvalue weighted by Gasteiger charge is 2.37. The van der Waals surface area contributed by atoms with Gasteiger partial charge in [0.2, 0.25) is 6.41 Å². The third-order valence-electron chi connectivity index (χ3n) is 1.67. The maximum atomic E-state index is 12.8. The van der Waals surface area contributed by atoms with E-state index in [-0.39, 0.29) is 12.5 Å². The molecule has 0 aliphatic carbocycles. The highest BCUT2D eigenvalue weighted by Crippen LogP contribution is 2.35. The number of hydrogen-bond donors (Lipinski definition) is 1. The van der Waals surface area contributed by atoms with Crippen molar-refractivity contribution in [2.75, 3.05) is 5.32 Å². The average molecular weight is 243 g/mol. The summed E-state index contributed by atoms with van der Waals surface area (Å²) in [4.78, 5) is 9.91. The molecular formula is C8H3F6NO. The highest BCUT2D eigenvalue weighted by molar-refractivity contribution is 5.72. The first-order chi connectivity index (χ1) is 7.29. The van der Waals surface area contributed by atoms with Gasteiger partial charge in [-0.3, -0.25) is 4.79 Å². The summed E-state index contributed by atoms with van der Waals surface area (Å²) in [6.07, 6.45) is -5.34. The highest BCUT2D eigenvalue weighted by atomic mass is 19.4. The van der Waals surface area contributed by atoms with Crippen LogP contribution >= 0.6 is 0 Å². The second-order valence-corrected chi connectivity index (χ2v) is 2.67. The molecule has 16 heavy (non-hydrogen) atoms. The Bertz CT molecular complexity index is 428. The molecule has 1 rings (SSSR count). The maximum Gasteiger partial charge on any atom is 0.419 e. The molecule has 0 radical (unpaired) electrons. The summed E-state index contributed by atoms with van der Waals surface area (Å²) in [5.41, 5.74) is -3.07. The molecule has 88 valence electrons. The summed E-state index contributed by atoms with van der Waals surface area (Å²) < 4.78 is 74.6. The Balaban J connectivity index is 3.47. The van der Waals surface area contributed by atoms with Gasteiger partial charge < -0.3 is 5.32 Å². The lowest BCUT2D eigenvalue weighted by Gasteiger charge is -2.11. The van der Waals surface area contributed by atoms with Crippen LogP contribution in [0.15, 0.2) is 6.07 Å². The van der Waals surface area contributed by atoms with Crippen molar-refractivity contribution in [3.05, 3.63) is 29.1 Å². The molecule has 0 fully saturated rings. The predicted molar refractivity (Wildman–Crippen MR) is 41.0 cm³/mol. The zero-order valence-electron chi connectivity index (χ0n) is 7.33. The van der Waals surface area contributed by atoms with E-state index >= 15 is 0 Å². The van der Waals surface area contributed by atoms with Crippen LogP contribution in [0.5, 0.6) is 0 Å². The van der Waals surface area contributed by atoms with E-state index in [2.05, 4.69) is 0 Å². The second-order valence-electron chi connectivity index (χ2n) is 2.67. The van der Waals surface area contributed by atoms with Crippen LogP contribution in [0, 0.1) is 17.5 Å². The van der Waals surface area contributed by atoms with Crippen molar-refractivity contribution in [2.45, 2.75) is 6.18 Å². The van der Waals surface area contributed by atoms with E-state index in [0.29, 0.717) is 0 Å². The van der Waals surface area contributed by atoms with Crippen molar-refractivity contribution in [1.82, 2.24) is 0 Å². The molecule has 0 unspecified atom stereocenters. The molecule has 0 aromatic heterocycles. The fourth-order valence-electron chi connectivity index (χ4n) is 0.979. The molecule has 0 saturated heterocycles. The van der Waals surface area contributed by atoms with Gasteiger partial charge in [0.15, 0.2) is 17.5 Å². The molecule has 1 N–H and O–H groups in total. The Morgan fingerprint density at radius 1 is 1.06 bits per heavy atom. The molecule has 0 aliphatic rings. The molecular weight excluding hydrogens is 240 g/mol. The number of carbonyl (C=O) groups excluding carboxylic acids is 1. The number of nitrogens with one attached hydrogen (secondary N) is 1. The predicted octanol–water partition coefficient (Wildman–Crippen LogP) is 2.69. The van der Waals surface area contributed by atoms with E-state index in [9.17, 15) is 31.1 Å². The van der Waals surface area contributed by atoms with Crippen molar-refractivity contribution >= 4 is 12.1 Å². The van der Waals surface area contributed by atoms with Crippen LogP contribution in [0.1, 0.15) is 5.56 Å². The minimum atomic E-state index is -5.18. The quantitative estimate of drug-likeness (QED) is 0.483. The minimum absolute atomic E-state index is 0.0256. The first-order valence-corrected chi connectivity index (χ1v) is 3.74. The van der Waals surface area contributed by atoms with E-state index in [1.54, 1.807) is 0 Å². The van der Waals surface area contributed by atoms with E-state index in [0.717, 1.165) is 0 Å². The largest absolute Gasteiger partial charge is 0.419 e. The SMILES string of the molecule is O=CNc1cc(C(F)(F)F)c(F)c(F)c1F. The van der Waals surface area contributed by atoms with Crippen LogP contribution in [0.3, 0.4) is 0 Å². The summed E-state index contributed by atoms with van der Waals surface area (Å²) in [5, 5.41) is 1.49. The van der Waals surface area contributed by atoms with Gasteiger partial charge in [0, 0.05) is 0 Å². The molecule has 0 saturated carbocycles. The third kappa shape index (κ3) is 2.10. The summed E-state index contributed by atoms with van der Waals surface area (Å²) in [6.45, 7) is 0. The van der Waals surface area contributed by atoms with E-state index < -0.39 is 34.9 Å². The number of rotatable bonds is 2. The molecule has 0 aliphatic heterocycles. The van der Waals surface area contributed by atoms with Gasteiger partial charge in [-0.1, -0.05) is 0 Å². The number of benzene rings is 1. The summed E-state index contributed by atoms with van der Waals surface area (Å²) >= 11 is 0. The van der Waals surface area contributed by atoms with Crippen molar-refractivity contribution in [1.29, 1.82) is 0 Å². The van der Waals surface area contributed by atoms with Crippen molar-refractivity contribution in [3.8, 4) is 0 Å². The van der Waals surface area contributed by atoms with Crippen LogP contribution in [0.2, 0.25) is 0 Å². The normalized spacial score (nSPS) is 11.4. The lowest BCUT2D eigenvalue weighted by molar-refractivity contribution is -0.140. The van der Waals surface area contributed by atoms with E-state index in [1.807, 2.05) is 0 Å². The zero-order valence-corrected chi connectivity index (χ0v) is 7.33. The van der Waals surface area contributed by atoms with Crippen LogP contribution in [-0.4, -0.2) is 6.41 Å². The van der Waals surface area contributed by atoms with Crippen LogP contribution < -0.4 is 5.32 Å². The van der Waals surface area contributed by atoms with Gasteiger partial charge in [-0.15, -0.1) is 0 Å². The molecule has 1 aromatic rings. The number of halogens is 6. The van der Waals surface area contributed by atoms with Crippen LogP contribution in [0.4, 0.5) is 32.0 Å². The lowest BCUT2D eigenvalue weighted by atomic mass is 10.1. The van der Waals surface area contributed by atoms with Gasteiger partial charge in [-0.2, -0.15) is 13.2 Å². The van der Waals surface area contributed by atoms with Crippen molar-refractivity contribution < 1.29 is 31.1 Å². The number of alkyl halides is 3. The zero-order chi connectivity index (χ0) is 12.5. The standard InChI is InChI=1S/C8H3F6NO/c9-5-3(8(12,13)14)1-4(15-2-16)6(10)7(5)11/h1-2H,(H,15,16). The van der Waals surface area contributed by atoms with E-state index in [4.69, 9.17) is 0 Å². The first kappa shape index (κ1) is 12.3. The van der Waals surface area contributed by atoms with Gasteiger partial charge in [-0.05, 0) is 6.07 Å². The molecule has 2 nitrogen and oxygen atoms in total. The number of hydrogen-bond acceptors (Lipinski definition) is 1. The molecule has 0 atom stereocenters. The Labute approximate surface area is 84.9 Å². The molecule has 0 spiro atoms. The first-order valence-electron chi connectivity index (χ1n) is 3.74. The minimum Gasteiger partial charge on any atom is -0.326 e. The van der Waals surface area contributed by atoms with Crippen molar-refractivity contribution in [3.63, 3.8) is 0 Å². The molecule has 0 bridgehead atoms. The number of anilines is 1. The smallest absolute Gasteiger partial charge is 0.326 e. The molecule has 1 aromatic carbocycles. The Morgan fingerprint density at radius 2 is 1.62 bits per heavy atom. The van der Waals surface area contributed by atoms with Gasteiger partial charge in [0.25, 0.3) is 0 Å². The van der Waals surface area contributed by atoms with Gasteiger partial charge in [0.1, 0.15) is 0 Å². The van der Waals surface area contributed by atoms with Gasteiger partial charge in [0.05, 0.1) is 11.3 Å². The maximum absolute atomic E-state index is 12.8. The monoisotopic (exact) mass is 243 g/mol. The summed E-state index contributed by atoms with van der Waals surface area (Å²) in [7, 11) is 0. The van der Waals surface area contributed by atoms with Gasteiger partial charge in [-0.25, -0.2) is 13.2 Å². The second kappa shape index (κ2) is 4.03. The van der Waals surface area contributed by atoms with Crippen LogP contribution in [0.25, 0.3) is 0 Å². The lowest BCUT2D eigenvalue weighted by Crippen LogP contribution is -2.13. The average Bonchev–Trinajstić information content (AvgIpc) is 2.17. The fraction of sp³-hybridized carbons (Fsp3) is 0.125. The Hall–Kier alpha value is -1.73. The molecule has 1 amide bonds. The Morgan fingerprint density at radius 3 is 2.06 bits per heavy atom. The third-order valence-corrected chi connectivity index (χ3v) is 1.67. The van der Waals surface area contributed by atoms with E-state index in [1.165, 1.54) is 5.32 Å². The van der Waals surface area contributed by atoms with Gasteiger partial charge >= 0.3 is 6.18 Å². The topological polar surface area (TPSA) is 29.1 Å². The summed E-state index contributed by atoms with van der Waals surface area (Å²) in [5.74, 6) is -6.53. The van der Waals surface area contributed by atoms with Crippen molar-refractivity contribution in [2.24, 2.45) is 0 Å². The Kier molecular flexibility index (Phi) is 3.11. The number of amides is 1. The number of carbonyl (C=O) groups is 1.